The van der Waals surface area contributed by atoms with Crippen LogP contribution in [0.15, 0.2) is 41.3 Å². The molecule has 8 heteroatoms. The zero-order chi connectivity index (χ0) is 23.0. The minimum Gasteiger partial charge on any atom is -0.511 e. The molecule has 0 spiro atoms. The van der Waals surface area contributed by atoms with Gasteiger partial charge >= 0.3 is 0 Å². The molecule has 1 aliphatic rings. The molecule has 1 aromatic rings. The summed E-state index contributed by atoms with van der Waals surface area (Å²) in [5, 5.41) is 15.3. The van der Waals surface area contributed by atoms with Gasteiger partial charge in [-0.05, 0) is 56.0 Å². The van der Waals surface area contributed by atoms with Crippen molar-refractivity contribution in [2.45, 2.75) is 58.3 Å². The summed E-state index contributed by atoms with van der Waals surface area (Å²) in [4.78, 5) is 18.2. The number of carbonyl (C=O) groups excluding carboxylic acids is 1. The van der Waals surface area contributed by atoms with Crippen LogP contribution in [0.3, 0.4) is 0 Å². The van der Waals surface area contributed by atoms with Crippen molar-refractivity contribution in [3.05, 3.63) is 41.1 Å². The third-order valence-electron chi connectivity index (χ3n) is 5.19. The number of aliphatic hydroxyl groups is 1. The van der Waals surface area contributed by atoms with Crippen molar-refractivity contribution in [3.63, 3.8) is 0 Å². The minimum absolute atomic E-state index is 0.00499. The molecule has 0 saturated heterocycles. The van der Waals surface area contributed by atoms with Crippen LogP contribution in [0.2, 0.25) is 5.02 Å². The van der Waals surface area contributed by atoms with Gasteiger partial charge in [0, 0.05) is 33.2 Å². The summed E-state index contributed by atoms with van der Waals surface area (Å²) in [5.74, 6) is 0.290. The van der Waals surface area contributed by atoms with Gasteiger partial charge in [0.2, 0.25) is 0 Å². The molecule has 31 heavy (non-hydrogen) atoms. The highest BCUT2D eigenvalue weighted by Gasteiger charge is 2.34. The fraction of sp³-hybridized carbons (Fsp3) is 0.565. The summed E-state index contributed by atoms with van der Waals surface area (Å²) in [6.07, 6.45) is 2.83. The summed E-state index contributed by atoms with van der Waals surface area (Å²) in [7, 11) is -0.924. The van der Waals surface area contributed by atoms with Gasteiger partial charge in [-0.25, -0.2) is 0 Å². The van der Waals surface area contributed by atoms with Gasteiger partial charge < -0.3 is 14.7 Å². The Labute approximate surface area is 192 Å². The molecular formula is C23H32ClNO5S. The summed E-state index contributed by atoms with van der Waals surface area (Å²) in [6, 6.07) is 7.04. The Hall–Kier alpha value is -1.86. The Morgan fingerprint density at radius 1 is 1.29 bits per heavy atom. The first kappa shape index (κ1) is 25.4. The third kappa shape index (κ3) is 7.65. The molecule has 0 fully saturated rings. The van der Waals surface area contributed by atoms with Crippen molar-refractivity contribution in [3.8, 4) is 5.75 Å². The second-order valence-electron chi connectivity index (χ2n) is 7.79. The van der Waals surface area contributed by atoms with E-state index in [0.29, 0.717) is 41.5 Å². The molecule has 0 aromatic heterocycles. The highest BCUT2D eigenvalue weighted by atomic mass is 35.5. The number of oxime groups is 1. The zero-order valence-electron chi connectivity index (χ0n) is 18.5. The van der Waals surface area contributed by atoms with Gasteiger partial charge in [-0.3, -0.25) is 9.00 Å². The van der Waals surface area contributed by atoms with Crippen LogP contribution in [0.5, 0.6) is 5.75 Å². The Morgan fingerprint density at radius 2 is 1.97 bits per heavy atom. The van der Waals surface area contributed by atoms with Crippen molar-refractivity contribution >= 4 is 33.9 Å². The normalized spacial score (nSPS) is 22.4. The molecule has 0 radical (unpaired) electrons. The minimum atomic E-state index is -0.924. The Morgan fingerprint density at radius 3 is 2.55 bits per heavy atom. The second-order valence-corrected chi connectivity index (χ2v) is 10.4. The van der Waals surface area contributed by atoms with E-state index < -0.39 is 16.7 Å². The van der Waals surface area contributed by atoms with Crippen molar-refractivity contribution < 1.29 is 23.7 Å². The van der Waals surface area contributed by atoms with Gasteiger partial charge in [-0.15, -0.1) is 0 Å². The molecule has 2 rings (SSSR count). The largest absolute Gasteiger partial charge is 0.511 e. The highest BCUT2D eigenvalue weighted by molar-refractivity contribution is 7.85. The molecule has 1 aliphatic carbocycles. The lowest BCUT2D eigenvalue weighted by Gasteiger charge is -2.26. The van der Waals surface area contributed by atoms with Crippen molar-refractivity contribution in [2.24, 2.45) is 17.0 Å². The Bertz CT molecular complexity index is 824. The first-order valence-corrected chi connectivity index (χ1v) is 12.4. The fourth-order valence-corrected chi connectivity index (χ4v) is 4.75. The number of halogens is 1. The van der Waals surface area contributed by atoms with Crippen LogP contribution in [0.4, 0.5) is 0 Å². The standard InChI is InChI=1S/C23H32ClNO5S/c1-5-20(25-29-14-15(3)30-19-9-7-18(24)8-10-19)23-21(26)12-17(13-22(23)27)11-16(4)31(28)6-2/h7-10,12,15-17,23,26H,5-6,11,13-14H2,1-4H3. The topological polar surface area (TPSA) is 85.2 Å². The number of aliphatic hydroxyl groups excluding tert-OH is 1. The lowest BCUT2D eigenvalue weighted by molar-refractivity contribution is -0.122. The summed E-state index contributed by atoms with van der Waals surface area (Å²) in [5.41, 5.74) is 0.487. The maximum absolute atomic E-state index is 12.8. The molecule has 0 aliphatic heterocycles. The van der Waals surface area contributed by atoms with Crippen LogP contribution in [-0.2, 0) is 20.4 Å². The predicted octanol–water partition coefficient (Wildman–Crippen LogP) is 5.08. The summed E-state index contributed by atoms with van der Waals surface area (Å²) >= 11 is 5.87. The molecular weight excluding hydrogens is 438 g/mol. The molecule has 0 amide bonds. The maximum atomic E-state index is 12.8. The molecule has 1 aromatic carbocycles. The first-order valence-electron chi connectivity index (χ1n) is 10.7. The molecule has 5 unspecified atom stereocenters. The van der Waals surface area contributed by atoms with E-state index in [-0.39, 0.29) is 35.4 Å². The highest BCUT2D eigenvalue weighted by Crippen LogP contribution is 2.30. The average Bonchev–Trinajstić information content (AvgIpc) is 2.73. The number of hydrogen-bond donors (Lipinski definition) is 1. The van der Waals surface area contributed by atoms with Crippen molar-refractivity contribution in [1.82, 2.24) is 0 Å². The van der Waals surface area contributed by atoms with E-state index in [2.05, 4.69) is 5.16 Å². The molecule has 5 atom stereocenters. The van der Waals surface area contributed by atoms with Gasteiger partial charge in [-0.1, -0.05) is 37.5 Å². The van der Waals surface area contributed by atoms with Gasteiger partial charge in [0.25, 0.3) is 0 Å². The molecule has 6 nitrogen and oxygen atoms in total. The van der Waals surface area contributed by atoms with E-state index in [1.807, 2.05) is 27.7 Å². The van der Waals surface area contributed by atoms with Crippen molar-refractivity contribution in [1.29, 1.82) is 0 Å². The molecule has 1 N–H and O–H groups in total. The van der Waals surface area contributed by atoms with Crippen LogP contribution in [-0.4, -0.2) is 44.5 Å². The Balaban J connectivity index is 1.96. The van der Waals surface area contributed by atoms with E-state index in [0.717, 1.165) is 0 Å². The summed E-state index contributed by atoms with van der Waals surface area (Å²) < 4.78 is 17.7. The van der Waals surface area contributed by atoms with E-state index in [1.54, 1.807) is 30.3 Å². The molecule has 0 heterocycles. The van der Waals surface area contributed by atoms with Crippen LogP contribution in [0.25, 0.3) is 0 Å². The van der Waals surface area contributed by atoms with Gasteiger partial charge in [0.05, 0.1) is 5.71 Å². The summed E-state index contributed by atoms with van der Waals surface area (Å²) in [6.45, 7) is 7.72. The van der Waals surface area contributed by atoms with E-state index >= 15 is 0 Å². The third-order valence-corrected chi connectivity index (χ3v) is 7.10. The van der Waals surface area contributed by atoms with Crippen LogP contribution in [0, 0.1) is 11.8 Å². The first-order chi connectivity index (χ1) is 14.7. The van der Waals surface area contributed by atoms with Crippen LogP contribution >= 0.6 is 11.6 Å². The monoisotopic (exact) mass is 469 g/mol. The number of ketones is 1. The number of benzene rings is 1. The number of ether oxygens (including phenoxy) is 1. The average molecular weight is 470 g/mol. The van der Waals surface area contributed by atoms with E-state index in [4.69, 9.17) is 21.2 Å². The molecule has 0 saturated carbocycles. The van der Waals surface area contributed by atoms with Gasteiger partial charge in [-0.2, -0.15) is 0 Å². The fourth-order valence-electron chi connectivity index (χ4n) is 3.59. The SMILES string of the molecule is CCC(=NOCC(C)Oc1ccc(Cl)cc1)C1C(=O)CC(CC(C)S(=O)CC)C=C1O. The van der Waals surface area contributed by atoms with E-state index in [9.17, 15) is 14.1 Å². The zero-order valence-corrected chi connectivity index (χ0v) is 20.1. The van der Waals surface area contributed by atoms with Crippen LogP contribution < -0.4 is 4.74 Å². The quantitative estimate of drug-likeness (QED) is 0.360. The van der Waals surface area contributed by atoms with Gasteiger partial charge in [0.15, 0.2) is 6.61 Å². The van der Waals surface area contributed by atoms with E-state index in [1.165, 1.54) is 0 Å². The lowest BCUT2D eigenvalue weighted by Crippen LogP contribution is -2.33. The predicted molar refractivity (Wildman–Crippen MR) is 125 cm³/mol. The number of rotatable bonds is 11. The number of allylic oxidation sites excluding steroid dienone is 2. The Kier molecular flexibility index (Phi) is 10.0. The van der Waals surface area contributed by atoms with Gasteiger partial charge in [0.1, 0.15) is 29.3 Å². The number of Topliss-reactive ketones (excluding diaryl/α,β-unsaturated/α-hetero) is 1. The van der Waals surface area contributed by atoms with Crippen LogP contribution in [0.1, 0.15) is 47.0 Å². The lowest BCUT2D eigenvalue weighted by atomic mass is 9.81. The molecule has 172 valence electrons. The number of nitrogens with zero attached hydrogens (tertiary/aromatic N) is 1. The maximum Gasteiger partial charge on any atom is 0.153 e. The number of carbonyl (C=O) groups is 1. The number of hydrogen-bond acceptors (Lipinski definition) is 6. The molecule has 0 bridgehead atoms. The van der Waals surface area contributed by atoms with Crippen molar-refractivity contribution in [2.75, 3.05) is 12.4 Å². The second kappa shape index (κ2) is 12.2. The smallest absolute Gasteiger partial charge is 0.153 e.